The van der Waals surface area contributed by atoms with Crippen molar-refractivity contribution in [3.8, 4) is 6.07 Å². The Bertz CT molecular complexity index is 1180. The lowest BCUT2D eigenvalue weighted by Gasteiger charge is -2.20. The van der Waals surface area contributed by atoms with Crippen LogP contribution in [0.15, 0.2) is 69.9 Å². The average molecular weight is 391 g/mol. The molecule has 0 unspecified atom stereocenters. The molecule has 0 aliphatic heterocycles. The number of halogens is 1. The van der Waals surface area contributed by atoms with Gasteiger partial charge in [-0.2, -0.15) is 5.26 Å². The van der Waals surface area contributed by atoms with Crippen LogP contribution in [0.1, 0.15) is 29.5 Å². The monoisotopic (exact) mass is 391 g/mol. The number of hydrogen-bond acceptors (Lipinski definition) is 5. The molecule has 29 heavy (non-hydrogen) atoms. The normalized spacial score (nSPS) is 11.6. The number of rotatable bonds is 6. The standard InChI is InChI=1S/C23H18FNO4/c1-3-28-22(26)14(2)18(15-7-5-4-6-8-15)12-19-17-10-9-16(24)11-21(17)29-23(27)20(19)13-25/h4-11,18H,2-3,12H2,1H3/t18-/m0/s1. The molecule has 0 fully saturated rings. The number of carbonyl (C=O) groups excluding carboxylic acids is 1. The zero-order valence-corrected chi connectivity index (χ0v) is 15.8. The number of fused-ring (bicyclic) bond motifs is 1. The second-order valence-electron chi connectivity index (χ2n) is 6.41. The summed E-state index contributed by atoms with van der Waals surface area (Å²) in [6.45, 7) is 5.79. The van der Waals surface area contributed by atoms with Crippen LogP contribution in [0.25, 0.3) is 11.0 Å². The summed E-state index contributed by atoms with van der Waals surface area (Å²) in [6, 6.07) is 14.8. The molecule has 3 rings (SSSR count). The predicted molar refractivity (Wildman–Crippen MR) is 106 cm³/mol. The SMILES string of the molecule is C=C(C(=O)OCC)[C@H](Cc1c(C#N)c(=O)oc2cc(F)ccc12)c1ccccc1. The fourth-order valence-electron chi connectivity index (χ4n) is 3.26. The van der Waals surface area contributed by atoms with Gasteiger partial charge in [0.2, 0.25) is 0 Å². The Morgan fingerprint density at radius 3 is 2.66 bits per heavy atom. The molecule has 6 heteroatoms. The minimum atomic E-state index is -0.853. The molecule has 0 N–H and O–H groups in total. The van der Waals surface area contributed by atoms with Crippen molar-refractivity contribution in [1.82, 2.24) is 0 Å². The molecule has 3 aromatic rings. The van der Waals surface area contributed by atoms with Gasteiger partial charge in [0.05, 0.1) is 6.61 Å². The lowest BCUT2D eigenvalue weighted by atomic mass is 9.84. The van der Waals surface area contributed by atoms with Crippen molar-refractivity contribution < 1.29 is 18.3 Å². The number of ether oxygens (including phenoxy) is 1. The van der Waals surface area contributed by atoms with Crippen LogP contribution in [-0.2, 0) is 16.0 Å². The molecule has 0 aliphatic carbocycles. The van der Waals surface area contributed by atoms with E-state index in [2.05, 4.69) is 6.58 Å². The van der Waals surface area contributed by atoms with E-state index in [-0.39, 0.29) is 29.7 Å². The molecule has 0 spiro atoms. The number of carbonyl (C=O) groups is 1. The highest BCUT2D eigenvalue weighted by molar-refractivity contribution is 5.90. The molecule has 1 heterocycles. The van der Waals surface area contributed by atoms with E-state index in [0.717, 1.165) is 11.6 Å². The third-order valence-corrected chi connectivity index (χ3v) is 4.66. The molecule has 0 saturated heterocycles. The summed E-state index contributed by atoms with van der Waals surface area (Å²) in [6.07, 6.45) is 0.123. The molecule has 0 amide bonds. The smallest absolute Gasteiger partial charge is 0.354 e. The Morgan fingerprint density at radius 1 is 1.28 bits per heavy atom. The third kappa shape index (κ3) is 4.09. The Kier molecular flexibility index (Phi) is 5.89. The van der Waals surface area contributed by atoms with Crippen molar-refractivity contribution in [1.29, 1.82) is 5.26 Å². The first-order valence-corrected chi connectivity index (χ1v) is 9.02. The van der Waals surface area contributed by atoms with Crippen LogP contribution in [0.2, 0.25) is 0 Å². The van der Waals surface area contributed by atoms with E-state index in [1.165, 1.54) is 12.1 Å². The molecule has 1 aromatic heterocycles. The summed E-state index contributed by atoms with van der Waals surface area (Å²) in [5, 5.41) is 9.96. The Labute approximate surface area is 166 Å². The number of nitrogens with zero attached hydrogens (tertiary/aromatic N) is 1. The molecule has 0 bridgehead atoms. The van der Waals surface area contributed by atoms with Gasteiger partial charge in [0.1, 0.15) is 23.0 Å². The van der Waals surface area contributed by atoms with Crippen molar-refractivity contribution in [2.75, 3.05) is 6.61 Å². The van der Waals surface area contributed by atoms with Gasteiger partial charge >= 0.3 is 11.6 Å². The average Bonchev–Trinajstić information content (AvgIpc) is 2.71. The van der Waals surface area contributed by atoms with Crippen LogP contribution in [-0.4, -0.2) is 12.6 Å². The molecule has 2 aromatic carbocycles. The largest absolute Gasteiger partial charge is 0.463 e. The van der Waals surface area contributed by atoms with Gasteiger partial charge in [0.25, 0.3) is 0 Å². The number of esters is 1. The highest BCUT2D eigenvalue weighted by atomic mass is 19.1. The lowest BCUT2D eigenvalue weighted by Crippen LogP contribution is -2.18. The van der Waals surface area contributed by atoms with E-state index in [1.807, 2.05) is 36.4 Å². The van der Waals surface area contributed by atoms with E-state index in [1.54, 1.807) is 6.92 Å². The van der Waals surface area contributed by atoms with Gasteiger partial charge in [-0.3, -0.25) is 0 Å². The maximum atomic E-state index is 13.6. The first kappa shape index (κ1) is 20.0. The summed E-state index contributed by atoms with van der Waals surface area (Å²) in [7, 11) is 0. The molecular weight excluding hydrogens is 373 g/mol. The van der Waals surface area contributed by atoms with Crippen molar-refractivity contribution in [3.05, 3.63) is 93.6 Å². The Hall–Kier alpha value is -3.72. The number of nitriles is 1. The van der Waals surface area contributed by atoms with Gasteiger partial charge in [-0.05, 0) is 36.6 Å². The second-order valence-corrected chi connectivity index (χ2v) is 6.41. The molecule has 5 nitrogen and oxygen atoms in total. The van der Waals surface area contributed by atoms with Crippen LogP contribution in [0.5, 0.6) is 0 Å². The van der Waals surface area contributed by atoms with Crippen molar-refractivity contribution in [2.45, 2.75) is 19.3 Å². The fraction of sp³-hybridized carbons (Fsp3) is 0.174. The number of benzene rings is 2. The van der Waals surface area contributed by atoms with Crippen molar-refractivity contribution in [3.63, 3.8) is 0 Å². The molecule has 146 valence electrons. The van der Waals surface area contributed by atoms with Gasteiger partial charge in [-0.25, -0.2) is 14.0 Å². The van der Waals surface area contributed by atoms with Crippen LogP contribution in [0.3, 0.4) is 0 Å². The first-order valence-electron chi connectivity index (χ1n) is 9.02. The van der Waals surface area contributed by atoms with E-state index in [9.17, 15) is 19.2 Å². The zero-order valence-electron chi connectivity index (χ0n) is 15.8. The van der Waals surface area contributed by atoms with E-state index in [0.29, 0.717) is 10.9 Å². The van der Waals surface area contributed by atoms with Gasteiger partial charge in [-0.15, -0.1) is 0 Å². The van der Waals surface area contributed by atoms with Crippen LogP contribution in [0.4, 0.5) is 4.39 Å². The van der Waals surface area contributed by atoms with E-state index in [4.69, 9.17) is 9.15 Å². The van der Waals surface area contributed by atoms with Crippen LogP contribution in [0, 0.1) is 17.1 Å². The molecule has 0 radical (unpaired) electrons. The van der Waals surface area contributed by atoms with Crippen molar-refractivity contribution in [2.24, 2.45) is 0 Å². The van der Waals surface area contributed by atoms with Gasteiger partial charge in [0.15, 0.2) is 0 Å². The minimum absolute atomic E-state index is 0.0394. The Morgan fingerprint density at radius 2 is 2.00 bits per heavy atom. The second kappa shape index (κ2) is 8.53. The lowest BCUT2D eigenvalue weighted by molar-refractivity contribution is -0.138. The summed E-state index contributed by atoms with van der Waals surface area (Å²) in [5.74, 6) is -1.66. The maximum Gasteiger partial charge on any atom is 0.354 e. The summed E-state index contributed by atoms with van der Waals surface area (Å²) in [4.78, 5) is 24.7. The highest BCUT2D eigenvalue weighted by Crippen LogP contribution is 2.32. The van der Waals surface area contributed by atoms with Crippen molar-refractivity contribution >= 4 is 16.9 Å². The maximum absolute atomic E-state index is 13.6. The van der Waals surface area contributed by atoms with Crippen LogP contribution >= 0.6 is 0 Å². The molecule has 1 atom stereocenters. The zero-order chi connectivity index (χ0) is 21.0. The first-order chi connectivity index (χ1) is 14.0. The fourth-order valence-corrected chi connectivity index (χ4v) is 3.26. The topological polar surface area (TPSA) is 80.3 Å². The van der Waals surface area contributed by atoms with E-state index < -0.39 is 23.3 Å². The molecule has 0 aliphatic rings. The Balaban J connectivity index is 2.19. The minimum Gasteiger partial charge on any atom is -0.463 e. The molecular formula is C23H18FNO4. The molecule has 0 saturated carbocycles. The summed E-state index contributed by atoms with van der Waals surface area (Å²) < 4.78 is 23.8. The van der Waals surface area contributed by atoms with Gasteiger partial charge < -0.3 is 9.15 Å². The quantitative estimate of drug-likeness (QED) is 0.356. The third-order valence-electron chi connectivity index (χ3n) is 4.66. The summed E-state index contributed by atoms with van der Waals surface area (Å²) >= 11 is 0. The predicted octanol–water partition coefficient (Wildman–Crippen LogP) is 4.25. The van der Waals surface area contributed by atoms with Crippen LogP contribution < -0.4 is 5.63 Å². The van der Waals surface area contributed by atoms with Gasteiger partial charge in [-0.1, -0.05) is 36.9 Å². The van der Waals surface area contributed by atoms with E-state index >= 15 is 0 Å². The summed E-state index contributed by atoms with van der Waals surface area (Å²) in [5.41, 5.74) is 0.356. The number of hydrogen-bond donors (Lipinski definition) is 0. The van der Waals surface area contributed by atoms with Gasteiger partial charge in [0, 0.05) is 22.9 Å². The highest BCUT2D eigenvalue weighted by Gasteiger charge is 2.26.